The van der Waals surface area contributed by atoms with E-state index in [4.69, 9.17) is 4.74 Å². The summed E-state index contributed by atoms with van der Waals surface area (Å²) in [4.78, 5) is 14.3. The second kappa shape index (κ2) is 8.92. The lowest BCUT2D eigenvalue weighted by molar-refractivity contribution is 0.163. The maximum atomic E-state index is 12.5. The third kappa shape index (κ3) is 4.76. The molecule has 1 aromatic rings. The van der Waals surface area contributed by atoms with E-state index in [0.29, 0.717) is 6.61 Å². The summed E-state index contributed by atoms with van der Waals surface area (Å²) in [6, 6.07) is 10.5. The molecule has 1 saturated heterocycles. The molecule has 1 aromatic carbocycles. The van der Waals surface area contributed by atoms with E-state index in [1.165, 1.54) is 30.4 Å². The Hall–Kier alpha value is -1.99. The predicted octanol–water partition coefficient (Wildman–Crippen LogP) is 5.61. The fourth-order valence-corrected chi connectivity index (χ4v) is 3.72. The minimum absolute atomic E-state index is 0.0819. The molecule has 1 aliphatic carbocycles. The zero-order valence-corrected chi connectivity index (χ0v) is 15.3. The zero-order chi connectivity index (χ0) is 17.5. The van der Waals surface area contributed by atoms with Crippen LogP contribution in [0.15, 0.2) is 47.3 Å². The third-order valence-electron chi connectivity index (χ3n) is 5.11. The molecule has 0 N–H and O–H groups in total. The molecule has 0 unspecified atom stereocenters. The summed E-state index contributed by atoms with van der Waals surface area (Å²) < 4.78 is 5.42. The lowest BCUT2D eigenvalue weighted by Gasteiger charge is -2.24. The molecule has 3 nitrogen and oxygen atoms in total. The van der Waals surface area contributed by atoms with Crippen LogP contribution in [0.5, 0.6) is 0 Å². The number of benzene rings is 1. The zero-order valence-electron chi connectivity index (χ0n) is 15.3. The van der Waals surface area contributed by atoms with Gasteiger partial charge in [0.1, 0.15) is 6.61 Å². The maximum Gasteiger partial charge on any atom is 0.414 e. The molecule has 0 radical (unpaired) electrons. The highest BCUT2D eigenvalue weighted by Gasteiger charge is 2.35. The van der Waals surface area contributed by atoms with Crippen molar-refractivity contribution in [3.8, 4) is 0 Å². The molecule has 1 amide bonds. The highest BCUT2D eigenvalue weighted by Crippen LogP contribution is 2.27. The number of rotatable bonds is 6. The van der Waals surface area contributed by atoms with Crippen LogP contribution >= 0.6 is 0 Å². The first-order valence-electron chi connectivity index (χ1n) is 9.75. The summed E-state index contributed by atoms with van der Waals surface area (Å²) in [7, 11) is 0. The van der Waals surface area contributed by atoms with Crippen LogP contribution in [-0.2, 0) is 11.2 Å². The first-order chi connectivity index (χ1) is 12.3. The minimum atomic E-state index is -0.198. The number of amides is 1. The summed E-state index contributed by atoms with van der Waals surface area (Å²) >= 11 is 0. The molecule has 1 saturated carbocycles. The molecule has 2 fully saturated rings. The molecule has 0 bridgehead atoms. The SMILES string of the molecule is CCCCC(=C=C1CCCCC1)N1C(=O)OC[C@H]1Cc1ccccc1. The first kappa shape index (κ1) is 17.8. The summed E-state index contributed by atoms with van der Waals surface area (Å²) in [5, 5.41) is 0. The number of unbranched alkanes of at least 4 members (excludes halogenated alkanes) is 1. The molecule has 3 rings (SSSR count). The molecule has 0 aromatic heterocycles. The monoisotopic (exact) mass is 339 g/mol. The number of cyclic esters (lactones) is 1. The fraction of sp³-hybridized carbons (Fsp3) is 0.545. The van der Waals surface area contributed by atoms with Crippen LogP contribution in [-0.4, -0.2) is 23.6 Å². The van der Waals surface area contributed by atoms with Crippen molar-refractivity contribution in [3.05, 3.63) is 52.9 Å². The summed E-state index contributed by atoms with van der Waals surface area (Å²) in [5.74, 6) is 0. The van der Waals surface area contributed by atoms with Gasteiger partial charge in [0.25, 0.3) is 0 Å². The van der Waals surface area contributed by atoms with Gasteiger partial charge in [-0.15, -0.1) is 5.73 Å². The van der Waals surface area contributed by atoms with Crippen molar-refractivity contribution in [2.45, 2.75) is 70.8 Å². The van der Waals surface area contributed by atoms with Crippen LogP contribution in [0, 0.1) is 0 Å². The van der Waals surface area contributed by atoms with Crippen molar-refractivity contribution >= 4 is 6.09 Å². The molecular weight excluding hydrogens is 310 g/mol. The lowest BCUT2D eigenvalue weighted by atomic mass is 9.95. The Bertz CT molecular complexity index is 635. The Morgan fingerprint density at radius 1 is 1.20 bits per heavy atom. The topological polar surface area (TPSA) is 29.5 Å². The van der Waals surface area contributed by atoms with Gasteiger partial charge in [0.05, 0.1) is 11.7 Å². The highest BCUT2D eigenvalue weighted by molar-refractivity contribution is 5.72. The number of hydrogen-bond donors (Lipinski definition) is 0. The third-order valence-corrected chi connectivity index (χ3v) is 5.11. The van der Waals surface area contributed by atoms with Crippen molar-refractivity contribution in [1.29, 1.82) is 0 Å². The molecule has 0 spiro atoms. The second-order valence-electron chi connectivity index (χ2n) is 7.13. The van der Waals surface area contributed by atoms with Crippen LogP contribution in [0.1, 0.15) is 63.9 Å². The number of ether oxygens (including phenoxy) is 1. The van der Waals surface area contributed by atoms with Gasteiger partial charge in [-0.25, -0.2) is 4.79 Å². The molecule has 1 atom stereocenters. The summed E-state index contributed by atoms with van der Waals surface area (Å²) in [5.41, 5.74) is 7.31. The molecule has 25 heavy (non-hydrogen) atoms. The van der Waals surface area contributed by atoms with Crippen molar-refractivity contribution in [3.63, 3.8) is 0 Å². The van der Waals surface area contributed by atoms with Gasteiger partial charge in [0.2, 0.25) is 0 Å². The van der Waals surface area contributed by atoms with E-state index >= 15 is 0 Å². The van der Waals surface area contributed by atoms with Crippen molar-refractivity contribution in [2.24, 2.45) is 0 Å². The van der Waals surface area contributed by atoms with Crippen molar-refractivity contribution in [2.75, 3.05) is 6.61 Å². The number of nitrogens with zero attached hydrogens (tertiary/aromatic N) is 1. The largest absolute Gasteiger partial charge is 0.447 e. The molecule has 1 aliphatic heterocycles. The van der Waals surface area contributed by atoms with Gasteiger partial charge in [0.15, 0.2) is 0 Å². The Balaban J connectivity index is 1.85. The van der Waals surface area contributed by atoms with E-state index < -0.39 is 0 Å². The second-order valence-corrected chi connectivity index (χ2v) is 7.13. The smallest absolute Gasteiger partial charge is 0.414 e. The summed E-state index contributed by atoms with van der Waals surface area (Å²) in [6.07, 6.45) is 9.81. The maximum absolute atomic E-state index is 12.5. The first-order valence-corrected chi connectivity index (χ1v) is 9.75. The average molecular weight is 339 g/mol. The molecule has 134 valence electrons. The van der Waals surface area contributed by atoms with E-state index in [9.17, 15) is 4.79 Å². The Kier molecular flexibility index (Phi) is 6.36. The van der Waals surface area contributed by atoms with Crippen LogP contribution in [0.4, 0.5) is 4.79 Å². The van der Waals surface area contributed by atoms with Gasteiger partial charge in [-0.05, 0) is 56.1 Å². The lowest BCUT2D eigenvalue weighted by Crippen LogP contribution is -2.34. The Morgan fingerprint density at radius 2 is 1.96 bits per heavy atom. The van der Waals surface area contributed by atoms with Crippen LogP contribution < -0.4 is 0 Å². The fourth-order valence-electron chi connectivity index (χ4n) is 3.72. The van der Waals surface area contributed by atoms with Gasteiger partial charge in [0, 0.05) is 0 Å². The minimum Gasteiger partial charge on any atom is -0.447 e. The van der Waals surface area contributed by atoms with E-state index in [0.717, 1.165) is 44.2 Å². The molecular formula is C22H29NO2. The quantitative estimate of drug-likeness (QED) is 0.630. The number of carbonyl (C=O) groups excluding carboxylic acids is 1. The van der Waals surface area contributed by atoms with E-state index in [-0.39, 0.29) is 12.1 Å². The summed E-state index contributed by atoms with van der Waals surface area (Å²) in [6.45, 7) is 2.66. The number of allylic oxidation sites excluding steroid dienone is 1. The Labute approximate surface area is 151 Å². The van der Waals surface area contributed by atoms with Gasteiger partial charge in [-0.3, -0.25) is 4.90 Å². The van der Waals surface area contributed by atoms with Gasteiger partial charge >= 0.3 is 6.09 Å². The van der Waals surface area contributed by atoms with E-state index in [2.05, 4.69) is 36.9 Å². The number of hydrogen-bond acceptors (Lipinski definition) is 2. The number of carbonyl (C=O) groups is 1. The highest BCUT2D eigenvalue weighted by atomic mass is 16.6. The normalized spacial score (nSPS) is 20.4. The molecule has 1 heterocycles. The predicted molar refractivity (Wildman–Crippen MR) is 100 cm³/mol. The van der Waals surface area contributed by atoms with Crippen LogP contribution in [0.3, 0.4) is 0 Å². The molecule has 2 aliphatic rings. The van der Waals surface area contributed by atoms with Gasteiger partial charge in [-0.2, -0.15) is 0 Å². The standard InChI is InChI=1S/C22H29NO2/c1-2-3-14-20(15-18-10-6-4-7-11-18)23-21(17-25-22(23)24)16-19-12-8-5-9-13-19/h5,8-9,12-13,21H,2-4,6-7,10-11,14,16-17H2,1H3/t21-/m1/s1. The van der Waals surface area contributed by atoms with Gasteiger partial charge in [-0.1, -0.05) is 50.1 Å². The Morgan fingerprint density at radius 3 is 2.68 bits per heavy atom. The van der Waals surface area contributed by atoms with Gasteiger partial charge < -0.3 is 4.74 Å². The molecule has 3 heteroatoms. The van der Waals surface area contributed by atoms with Crippen molar-refractivity contribution in [1.82, 2.24) is 4.90 Å². The van der Waals surface area contributed by atoms with Crippen LogP contribution in [0.25, 0.3) is 0 Å². The van der Waals surface area contributed by atoms with Crippen LogP contribution in [0.2, 0.25) is 0 Å². The van der Waals surface area contributed by atoms with Crippen molar-refractivity contribution < 1.29 is 9.53 Å². The van der Waals surface area contributed by atoms with E-state index in [1.54, 1.807) is 0 Å². The average Bonchev–Trinajstić information content (AvgIpc) is 3.00. The van der Waals surface area contributed by atoms with E-state index in [1.807, 2.05) is 11.0 Å².